The number of carbonyl (C=O) groups excluding carboxylic acids is 2. The molecular formula is C48H88O10. The minimum absolute atomic E-state index is 0.216. The van der Waals surface area contributed by atoms with Crippen molar-refractivity contribution in [2.75, 3.05) is 19.8 Å². The molecule has 0 aliphatic carbocycles. The van der Waals surface area contributed by atoms with Gasteiger partial charge in [-0.1, -0.05) is 179 Å². The Morgan fingerprint density at radius 2 is 0.966 bits per heavy atom. The van der Waals surface area contributed by atoms with Gasteiger partial charge in [-0.15, -0.1) is 0 Å². The Morgan fingerprint density at radius 1 is 0.534 bits per heavy atom. The van der Waals surface area contributed by atoms with Crippen molar-refractivity contribution in [3.8, 4) is 0 Å². The highest BCUT2D eigenvalue weighted by atomic mass is 16.7. The lowest BCUT2D eigenvalue weighted by molar-refractivity contribution is -0.305. The number of esters is 2. The number of hydrogen-bond donors (Lipinski definition) is 4. The van der Waals surface area contributed by atoms with E-state index in [0.717, 1.165) is 51.4 Å². The second kappa shape index (κ2) is 39.3. The Kier molecular flexibility index (Phi) is 36.7. The molecule has 1 heterocycles. The van der Waals surface area contributed by atoms with Gasteiger partial charge in [-0.2, -0.15) is 0 Å². The Bertz CT molecular complexity index is 1000. The van der Waals surface area contributed by atoms with Crippen molar-refractivity contribution in [1.29, 1.82) is 0 Å². The van der Waals surface area contributed by atoms with Crippen LogP contribution >= 0.6 is 0 Å². The van der Waals surface area contributed by atoms with Crippen LogP contribution in [-0.4, -0.2) is 89.0 Å². The summed E-state index contributed by atoms with van der Waals surface area (Å²) < 4.78 is 22.2. The number of rotatable bonds is 40. The van der Waals surface area contributed by atoms with Gasteiger partial charge in [0.05, 0.1) is 13.2 Å². The quantitative estimate of drug-likeness (QED) is 0.0267. The molecule has 10 nitrogen and oxygen atoms in total. The maximum atomic E-state index is 12.8. The maximum Gasteiger partial charge on any atom is 0.306 e. The lowest BCUT2D eigenvalue weighted by Crippen LogP contribution is -2.59. The van der Waals surface area contributed by atoms with Gasteiger partial charge in [0.2, 0.25) is 0 Å². The van der Waals surface area contributed by atoms with Gasteiger partial charge in [0.25, 0.3) is 0 Å². The van der Waals surface area contributed by atoms with E-state index in [4.69, 9.17) is 18.9 Å². The number of unbranched alkanes of at least 4 members (excludes halogenated alkanes) is 25. The summed E-state index contributed by atoms with van der Waals surface area (Å²) in [6, 6.07) is 0. The molecule has 58 heavy (non-hydrogen) atoms. The van der Waals surface area contributed by atoms with Crippen LogP contribution in [0.25, 0.3) is 0 Å². The Balaban J connectivity index is 2.30. The van der Waals surface area contributed by atoms with Crippen molar-refractivity contribution < 1.29 is 49.0 Å². The molecule has 0 amide bonds. The van der Waals surface area contributed by atoms with Crippen molar-refractivity contribution in [2.24, 2.45) is 0 Å². The summed E-state index contributed by atoms with van der Waals surface area (Å²) in [4.78, 5) is 25.4. The highest BCUT2D eigenvalue weighted by Crippen LogP contribution is 2.23. The summed E-state index contributed by atoms with van der Waals surface area (Å²) in [5.41, 5.74) is 0. The lowest BCUT2D eigenvalue weighted by Gasteiger charge is -2.39. The molecule has 0 radical (unpaired) electrons. The van der Waals surface area contributed by atoms with Crippen LogP contribution in [0.3, 0.4) is 0 Å². The minimum Gasteiger partial charge on any atom is -0.462 e. The van der Waals surface area contributed by atoms with Gasteiger partial charge in [-0.05, 0) is 44.9 Å². The molecule has 4 N–H and O–H groups in total. The van der Waals surface area contributed by atoms with E-state index in [0.29, 0.717) is 6.42 Å². The van der Waals surface area contributed by atoms with Gasteiger partial charge in [-0.25, -0.2) is 0 Å². The van der Waals surface area contributed by atoms with Gasteiger partial charge < -0.3 is 39.4 Å². The molecule has 0 bridgehead atoms. The van der Waals surface area contributed by atoms with Crippen LogP contribution in [0.1, 0.15) is 213 Å². The first-order chi connectivity index (χ1) is 28.3. The molecule has 1 aliphatic heterocycles. The largest absolute Gasteiger partial charge is 0.462 e. The van der Waals surface area contributed by atoms with Gasteiger partial charge >= 0.3 is 11.9 Å². The van der Waals surface area contributed by atoms with Crippen LogP contribution in [0.15, 0.2) is 24.3 Å². The summed E-state index contributed by atoms with van der Waals surface area (Å²) in [6.07, 6.45) is 36.0. The molecule has 10 heteroatoms. The SMILES string of the molecule is CCCCC/C=C\C/C=C\CCCCCCCCCC(=O)OC(COC(=O)CCCCCCCCCCCCCCCCCC)COC1OC(CO)C(O)C(O)C1O. The number of allylic oxidation sites excluding steroid dienone is 4. The van der Waals surface area contributed by atoms with Crippen LogP contribution in [-0.2, 0) is 28.5 Å². The van der Waals surface area contributed by atoms with Gasteiger partial charge in [0.1, 0.15) is 31.0 Å². The summed E-state index contributed by atoms with van der Waals surface area (Å²) in [5.74, 6) is -0.806. The van der Waals surface area contributed by atoms with Crippen molar-refractivity contribution in [3.05, 3.63) is 24.3 Å². The van der Waals surface area contributed by atoms with E-state index in [-0.39, 0.29) is 32.0 Å². The number of carbonyl (C=O) groups is 2. The summed E-state index contributed by atoms with van der Waals surface area (Å²) >= 11 is 0. The monoisotopic (exact) mass is 825 g/mol. The molecule has 6 atom stereocenters. The fourth-order valence-corrected chi connectivity index (χ4v) is 7.28. The average molecular weight is 825 g/mol. The molecule has 340 valence electrons. The fraction of sp³-hybridized carbons (Fsp3) is 0.875. The fourth-order valence-electron chi connectivity index (χ4n) is 7.28. The van der Waals surface area contributed by atoms with E-state index in [1.54, 1.807) is 0 Å². The summed E-state index contributed by atoms with van der Waals surface area (Å²) in [6.45, 7) is 3.41. The van der Waals surface area contributed by atoms with E-state index in [2.05, 4.69) is 38.2 Å². The molecule has 1 rings (SSSR count). The van der Waals surface area contributed by atoms with Crippen molar-refractivity contribution in [1.82, 2.24) is 0 Å². The minimum atomic E-state index is -1.59. The van der Waals surface area contributed by atoms with Crippen molar-refractivity contribution in [3.63, 3.8) is 0 Å². The number of aliphatic hydroxyl groups is 4. The van der Waals surface area contributed by atoms with Crippen molar-refractivity contribution >= 4 is 11.9 Å². The van der Waals surface area contributed by atoms with E-state index < -0.39 is 49.4 Å². The normalized spacial score (nSPS) is 20.3. The third-order valence-electron chi connectivity index (χ3n) is 11.1. The maximum absolute atomic E-state index is 12.8. The Labute approximate surface area is 353 Å². The van der Waals surface area contributed by atoms with E-state index in [1.165, 1.54) is 128 Å². The first kappa shape index (κ1) is 54.2. The first-order valence-corrected chi connectivity index (χ1v) is 23.9. The molecule has 0 saturated carbocycles. The van der Waals surface area contributed by atoms with Crippen LogP contribution in [0.5, 0.6) is 0 Å². The Hall–Kier alpha value is -1.82. The highest BCUT2D eigenvalue weighted by molar-refractivity contribution is 5.70. The molecule has 0 spiro atoms. The zero-order valence-corrected chi connectivity index (χ0v) is 37.1. The zero-order valence-electron chi connectivity index (χ0n) is 37.1. The molecule has 0 aromatic carbocycles. The van der Waals surface area contributed by atoms with Crippen LogP contribution in [0.4, 0.5) is 0 Å². The predicted molar refractivity (Wildman–Crippen MR) is 233 cm³/mol. The smallest absolute Gasteiger partial charge is 0.306 e. The zero-order chi connectivity index (χ0) is 42.3. The average Bonchev–Trinajstić information content (AvgIpc) is 3.22. The van der Waals surface area contributed by atoms with Crippen LogP contribution < -0.4 is 0 Å². The highest BCUT2D eigenvalue weighted by Gasteiger charge is 2.44. The molecule has 6 unspecified atom stereocenters. The standard InChI is InChI=1S/C48H88O10/c1-3-5-7-9-11-13-15-17-19-21-23-25-27-29-31-33-35-37-44(51)57-41(40-56-48-47(54)46(53)45(52)42(38-49)58-48)39-55-43(50)36-34-32-30-28-26-24-22-20-18-16-14-12-10-8-6-4-2/h11,13,17,19,41-42,45-49,52-54H,3-10,12,14-16,18,20-40H2,1-2H3/b13-11-,19-17-. The topological polar surface area (TPSA) is 152 Å². The molecule has 1 aliphatic rings. The third-order valence-corrected chi connectivity index (χ3v) is 11.1. The van der Waals surface area contributed by atoms with Gasteiger partial charge in [-0.3, -0.25) is 9.59 Å². The predicted octanol–water partition coefficient (Wildman–Crippen LogP) is 10.5. The first-order valence-electron chi connectivity index (χ1n) is 23.9. The molecule has 0 aromatic rings. The Morgan fingerprint density at radius 3 is 1.47 bits per heavy atom. The number of aliphatic hydroxyl groups excluding tert-OH is 4. The van der Waals surface area contributed by atoms with E-state index in [9.17, 15) is 30.0 Å². The lowest BCUT2D eigenvalue weighted by atomic mass is 9.99. The molecular weight excluding hydrogens is 737 g/mol. The van der Waals surface area contributed by atoms with Gasteiger partial charge in [0.15, 0.2) is 12.4 Å². The van der Waals surface area contributed by atoms with Crippen LogP contribution in [0, 0.1) is 0 Å². The number of hydrogen-bond acceptors (Lipinski definition) is 10. The number of ether oxygens (including phenoxy) is 4. The van der Waals surface area contributed by atoms with Gasteiger partial charge in [0, 0.05) is 12.8 Å². The molecule has 1 fully saturated rings. The van der Waals surface area contributed by atoms with Crippen LogP contribution in [0.2, 0.25) is 0 Å². The third kappa shape index (κ3) is 30.2. The van der Waals surface area contributed by atoms with Crippen molar-refractivity contribution in [2.45, 2.75) is 250 Å². The second-order valence-corrected chi connectivity index (χ2v) is 16.6. The van der Waals surface area contributed by atoms with E-state index in [1.807, 2.05) is 0 Å². The van der Waals surface area contributed by atoms with E-state index >= 15 is 0 Å². The summed E-state index contributed by atoms with van der Waals surface area (Å²) in [5, 5.41) is 40.1. The molecule has 0 aromatic heterocycles. The summed E-state index contributed by atoms with van der Waals surface area (Å²) in [7, 11) is 0. The molecule has 1 saturated heterocycles. The second-order valence-electron chi connectivity index (χ2n) is 16.6.